The standard InChI is InChI=1S/C16H38N4S2/c1-8-17(5)9-12-20(13-10-18(6)15(2)3)14-11-19(7)16(4)22-21/h15-16,21H,8-14H2,1-7H3. The first-order valence-electron chi connectivity index (χ1n) is 8.43. The van der Waals surface area contributed by atoms with E-state index in [1.807, 2.05) is 0 Å². The van der Waals surface area contributed by atoms with Crippen LogP contribution in [0.4, 0.5) is 0 Å². The van der Waals surface area contributed by atoms with Crippen molar-refractivity contribution < 1.29 is 0 Å². The Bertz CT molecular complexity index is 267. The second-order valence-electron chi connectivity index (χ2n) is 6.50. The lowest BCUT2D eigenvalue weighted by Gasteiger charge is -2.31. The van der Waals surface area contributed by atoms with E-state index in [4.69, 9.17) is 0 Å². The number of hydrogen-bond donors (Lipinski definition) is 1. The van der Waals surface area contributed by atoms with Gasteiger partial charge >= 0.3 is 0 Å². The Hall–Kier alpha value is 0.540. The lowest BCUT2D eigenvalue weighted by atomic mass is 10.3. The lowest BCUT2D eigenvalue weighted by Crippen LogP contribution is -2.43. The largest absolute Gasteiger partial charge is 0.305 e. The summed E-state index contributed by atoms with van der Waals surface area (Å²) in [4.78, 5) is 9.78. The van der Waals surface area contributed by atoms with Gasteiger partial charge in [-0.15, -0.1) is 11.7 Å². The van der Waals surface area contributed by atoms with E-state index in [0.29, 0.717) is 11.4 Å². The quantitative estimate of drug-likeness (QED) is 0.310. The molecule has 0 heterocycles. The van der Waals surface area contributed by atoms with Gasteiger partial charge in [0.2, 0.25) is 0 Å². The molecule has 0 rings (SSSR count). The molecule has 0 aliphatic rings. The third-order valence-electron chi connectivity index (χ3n) is 4.53. The van der Waals surface area contributed by atoms with Gasteiger partial charge in [0.1, 0.15) is 0 Å². The van der Waals surface area contributed by atoms with Gasteiger partial charge in [0.05, 0.1) is 5.37 Å². The number of thiol groups is 1. The average Bonchev–Trinajstić information content (AvgIpc) is 2.51. The summed E-state index contributed by atoms with van der Waals surface area (Å²) in [6.07, 6.45) is 0. The summed E-state index contributed by atoms with van der Waals surface area (Å²) in [5, 5.41) is 0.460. The zero-order valence-corrected chi connectivity index (χ0v) is 17.5. The Morgan fingerprint density at radius 2 is 1.32 bits per heavy atom. The van der Waals surface area contributed by atoms with Crippen LogP contribution in [0, 0.1) is 0 Å². The molecule has 0 aromatic rings. The van der Waals surface area contributed by atoms with Gasteiger partial charge in [-0.1, -0.05) is 17.7 Å². The molecule has 0 spiro atoms. The number of hydrogen-bond acceptors (Lipinski definition) is 6. The van der Waals surface area contributed by atoms with Crippen molar-refractivity contribution in [2.45, 2.75) is 39.1 Å². The first-order valence-corrected chi connectivity index (χ1v) is 10.4. The maximum absolute atomic E-state index is 4.32. The third-order valence-corrected chi connectivity index (χ3v) is 6.11. The highest BCUT2D eigenvalue weighted by atomic mass is 33.1. The van der Waals surface area contributed by atoms with Gasteiger partial charge in [-0.3, -0.25) is 9.80 Å². The van der Waals surface area contributed by atoms with Crippen molar-refractivity contribution in [3.05, 3.63) is 0 Å². The summed E-state index contributed by atoms with van der Waals surface area (Å²) in [6.45, 7) is 16.8. The third kappa shape index (κ3) is 10.3. The lowest BCUT2D eigenvalue weighted by molar-refractivity contribution is 0.169. The maximum atomic E-state index is 4.32. The van der Waals surface area contributed by atoms with Gasteiger partial charge in [-0.25, -0.2) is 0 Å². The van der Waals surface area contributed by atoms with Crippen LogP contribution < -0.4 is 0 Å². The highest BCUT2D eigenvalue weighted by Crippen LogP contribution is 2.16. The van der Waals surface area contributed by atoms with Crippen LogP contribution in [0.15, 0.2) is 0 Å². The molecule has 0 fully saturated rings. The van der Waals surface area contributed by atoms with E-state index in [0.717, 1.165) is 45.8 Å². The van der Waals surface area contributed by atoms with Gasteiger partial charge in [0, 0.05) is 45.3 Å². The second kappa shape index (κ2) is 12.9. The number of likely N-dealkylation sites (N-methyl/N-ethyl adjacent to an activating group) is 3. The topological polar surface area (TPSA) is 13.0 Å². The van der Waals surface area contributed by atoms with E-state index in [2.05, 4.69) is 80.1 Å². The summed E-state index contributed by atoms with van der Waals surface area (Å²) in [6, 6.07) is 0.614. The summed E-state index contributed by atoms with van der Waals surface area (Å²) in [7, 11) is 8.21. The van der Waals surface area contributed by atoms with Crippen molar-refractivity contribution in [3.8, 4) is 0 Å². The maximum Gasteiger partial charge on any atom is 0.0628 e. The van der Waals surface area contributed by atoms with Crippen LogP contribution in [-0.2, 0) is 0 Å². The molecule has 0 saturated heterocycles. The summed E-state index contributed by atoms with van der Waals surface area (Å²) in [5.41, 5.74) is 0. The predicted octanol–water partition coefficient (Wildman–Crippen LogP) is 2.44. The van der Waals surface area contributed by atoms with Crippen molar-refractivity contribution in [1.82, 2.24) is 19.6 Å². The zero-order chi connectivity index (χ0) is 17.1. The molecule has 0 aromatic heterocycles. The minimum atomic E-state index is 0.460. The second-order valence-corrected chi connectivity index (χ2v) is 8.02. The molecule has 134 valence electrons. The molecule has 0 N–H and O–H groups in total. The van der Waals surface area contributed by atoms with Gasteiger partial charge in [0.25, 0.3) is 0 Å². The summed E-state index contributed by atoms with van der Waals surface area (Å²) >= 11 is 4.32. The Labute approximate surface area is 148 Å². The summed E-state index contributed by atoms with van der Waals surface area (Å²) in [5.74, 6) is 0. The molecule has 0 radical (unpaired) electrons. The van der Waals surface area contributed by atoms with Crippen molar-refractivity contribution in [1.29, 1.82) is 0 Å². The van der Waals surface area contributed by atoms with Crippen molar-refractivity contribution in [2.24, 2.45) is 0 Å². The minimum Gasteiger partial charge on any atom is -0.305 e. The van der Waals surface area contributed by atoms with Crippen molar-refractivity contribution in [2.75, 3.05) is 67.0 Å². The fraction of sp³-hybridized carbons (Fsp3) is 1.00. The van der Waals surface area contributed by atoms with E-state index in [-0.39, 0.29) is 0 Å². The predicted molar refractivity (Wildman–Crippen MR) is 106 cm³/mol. The molecule has 6 heteroatoms. The first kappa shape index (κ1) is 22.5. The Balaban J connectivity index is 4.32. The highest BCUT2D eigenvalue weighted by Gasteiger charge is 2.13. The van der Waals surface area contributed by atoms with Crippen LogP contribution in [-0.4, -0.2) is 98.0 Å². The van der Waals surface area contributed by atoms with E-state index in [9.17, 15) is 0 Å². The highest BCUT2D eigenvalue weighted by molar-refractivity contribution is 8.68. The van der Waals surface area contributed by atoms with Crippen LogP contribution in [0.25, 0.3) is 0 Å². The summed E-state index contributed by atoms with van der Waals surface area (Å²) < 4.78 is 0. The van der Waals surface area contributed by atoms with E-state index < -0.39 is 0 Å². The molecule has 1 unspecified atom stereocenters. The Morgan fingerprint density at radius 3 is 1.77 bits per heavy atom. The Kier molecular flexibility index (Phi) is 13.2. The molecule has 0 aromatic carbocycles. The van der Waals surface area contributed by atoms with Crippen molar-refractivity contribution in [3.63, 3.8) is 0 Å². The normalized spacial score (nSPS) is 14.0. The van der Waals surface area contributed by atoms with E-state index in [1.165, 1.54) is 0 Å². The molecular weight excluding hydrogens is 312 g/mol. The van der Waals surface area contributed by atoms with Crippen LogP contribution in [0.3, 0.4) is 0 Å². The molecule has 22 heavy (non-hydrogen) atoms. The average molecular weight is 351 g/mol. The van der Waals surface area contributed by atoms with E-state index in [1.54, 1.807) is 10.8 Å². The van der Waals surface area contributed by atoms with Gasteiger partial charge in [-0.2, -0.15) is 0 Å². The SMILES string of the molecule is CCN(C)CCN(CCN(C)C(C)C)CCN(C)C(C)SS. The molecule has 4 nitrogen and oxygen atoms in total. The number of nitrogens with zero attached hydrogens (tertiary/aromatic N) is 4. The molecule has 0 aliphatic carbocycles. The van der Waals surface area contributed by atoms with Crippen LogP contribution in [0.5, 0.6) is 0 Å². The molecule has 1 atom stereocenters. The molecule has 0 saturated carbocycles. The first-order chi connectivity index (χ1) is 10.3. The molecule has 0 amide bonds. The van der Waals surface area contributed by atoms with Gasteiger partial charge in [-0.05, 0) is 48.5 Å². The minimum absolute atomic E-state index is 0.460. The number of rotatable bonds is 13. The van der Waals surface area contributed by atoms with E-state index >= 15 is 0 Å². The fourth-order valence-corrected chi connectivity index (χ4v) is 2.67. The van der Waals surface area contributed by atoms with Crippen molar-refractivity contribution >= 4 is 22.5 Å². The van der Waals surface area contributed by atoms with Gasteiger partial charge in [0.15, 0.2) is 0 Å². The van der Waals surface area contributed by atoms with Crippen LogP contribution in [0.1, 0.15) is 27.7 Å². The molecule has 0 aliphatic heterocycles. The zero-order valence-electron chi connectivity index (χ0n) is 15.7. The molecule has 0 bridgehead atoms. The van der Waals surface area contributed by atoms with Crippen LogP contribution >= 0.6 is 22.5 Å². The van der Waals surface area contributed by atoms with Gasteiger partial charge < -0.3 is 9.80 Å². The Morgan fingerprint density at radius 1 is 0.818 bits per heavy atom. The molecular formula is C16H38N4S2. The smallest absolute Gasteiger partial charge is 0.0628 e. The fourth-order valence-electron chi connectivity index (χ4n) is 1.92. The van der Waals surface area contributed by atoms with Crippen LogP contribution in [0.2, 0.25) is 0 Å². The monoisotopic (exact) mass is 350 g/mol.